The van der Waals surface area contributed by atoms with Gasteiger partial charge in [0.25, 0.3) is 0 Å². The van der Waals surface area contributed by atoms with Gasteiger partial charge in [0, 0.05) is 17.0 Å². The number of hydrogen-bond acceptors (Lipinski definition) is 0. The maximum absolute atomic E-state index is 6.49. The van der Waals surface area contributed by atoms with Crippen LogP contribution in [0.2, 0.25) is 5.02 Å². The summed E-state index contributed by atoms with van der Waals surface area (Å²) in [5.74, 6) is 8.99. The summed E-state index contributed by atoms with van der Waals surface area (Å²) < 4.78 is 0. The van der Waals surface area contributed by atoms with E-state index in [2.05, 4.69) is 54.3 Å². The van der Waals surface area contributed by atoms with Gasteiger partial charge in [-0.05, 0) is 86.0 Å². The molecule has 176 valence electrons. The van der Waals surface area contributed by atoms with Gasteiger partial charge in [-0.1, -0.05) is 105 Å². The maximum Gasteiger partial charge on any atom is 0.0437 e. The highest BCUT2D eigenvalue weighted by Crippen LogP contribution is 2.50. The number of rotatable bonds is 9. The van der Waals surface area contributed by atoms with Gasteiger partial charge in [-0.25, -0.2) is 0 Å². The molecule has 0 saturated heterocycles. The van der Waals surface area contributed by atoms with Crippen molar-refractivity contribution in [2.45, 2.75) is 96.3 Å². The second kappa shape index (κ2) is 12.7. The highest BCUT2D eigenvalue weighted by molar-refractivity contribution is 6.31. The smallest absolute Gasteiger partial charge is 0.0437 e. The predicted octanol–water partition coefficient (Wildman–Crippen LogP) is 9.64. The molecule has 0 bridgehead atoms. The van der Waals surface area contributed by atoms with E-state index in [1.165, 1.54) is 89.0 Å². The van der Waals surface area contributed by atoms with Gasteiger partial charge in [0.1, 0.15) is 0 Å². The summed E-state index contributed by atoms with van der Waals surface area (Å²) in [6.45, 7) is 0. The zero-order chi connectivity index (χ0) is 22.8. The first kappa shape index (κ1) is 24.4. The van der Waals surface area contributed by atoms with Crippen LogP contribution in [-0.2, 0) is 6.42 Å². The molecule has 0 aliphatic heterocycles. The number of aryl methyl sites for hydroxylation is 1. The Balaban J connectivity index is 1.51. The normalized spacial score (nSPS) is 19.1. The van der Waals surface area contributed by atoms with Gasteiger partial charge in [0.05, 0.1) is 0 Å². The van der Waals surface area contributed by atoms with Crippen LogP contribution < -0.4 is 0 Å². The molecule has 2 saturated carbocycles. The van der Waals surface area contributed by atoms with Crippen LogP contribution in [0, 0.1) is 29.1 Å². The van der Waals surface area contributed by atoms with Crippen molar-refractivity contribution in [1.29, 1.82) is 0 Å². The van der Waals surface area contributed by atoms with E-state index >= 15 is 0 Å². The SMILES string of the molecule is Clc1ccccc1CCCC(CC#Cc1ccccc1)(CCC1CCCCC1)C1CCCC1. The molecule has 2 aromatic rings. The minimum absolute atomic E-state index is 0.372. The Morgan fingerprint density at radius 2 is 1.48 bits per heavy atom. The van der Waals surface area contributed by atoms with E-state index in [0.29, 0.717) is 5.41 Å². The average Bonchev–Trinajstić information content (AvgIpc) is 3.40. The molecule has 0 nitrogen and oxygen atoms in total. The lowest BCUT2D eigenvalue weighted by molar-refractivity contribution is 0.116. The Labute approximate surface area is 207 Å². The van der Waals surface area contributed by atoms with E-state index in [-0.39, 0.29) is 0 Å². The van der Waals surface area contributed by atoms with Gasteiger partial charge in [-0.2, -0.15) is 0 Å². The standard InChI is InChI=1S/C32H41Cl/c33-31-22-10-7-18-29(31)19-12-25-32(30-20-8-9-21-30,26-23-28-15-5-2-6-16-28)24-11-17-27-13-3-1-4-14-27/h1,3-4,7,10,13-14,18,22,28,30H,2,5-6,8-9,12,15-16,19-21,23-26H2. The lowest BCUT2D eigenvalue weighted by Crippen LogP contribution is -2.30. The first-order valence-electron chi connectivity index (χ1n) is 13.5. The fourth-order valence-corrected chi connectivity index (χ4v) is 6.77. The van der Waals surface area contributed by atoms with Gasteiger partial charge in [0.15, 0.2) is 0 Å². The summed E-state index contributed by atoms with van der Waals surface area (Å²) in [6, 6.07) is 19.0. The summed E-state index contributed by atoms with van der Waals surface area (Å²) in [5, 5.41) is 0.926. The number of hydrogen-bond donors (Lipinski definition) is 0. The molecule has 0 radical (unpaired) electrons. The second-order valence-electron chi connectivity index (χ2n) is 10.7. The Morgan fingerprint density at radius 3 is 2.24 bits per heavy atom. The van der Waals surface area contributed by atoms with E-state index < -0.39 is 0 Å². The molecule has 2 aromatic carbocycles. The van der Waals surface area contributed by atoms with Crippen molar-refractivity contribution in [2.75, 3.05) is 0 Å². The van der Waals surface area contributed by atoms with Gasteiger partial charge < -0.3 is 0 Å². The van der Waals surface area contributed by atoms with Crippen LogP contribution >= 0.6 is 11.6 Å². The summed E-state index contributed by atoms with van der Waals surface area (Å²) >= 11 is 6.49. The van der Waals surface area contributed by atoms with Crippen molar-refractivity contribution < 1.29 is 0 Å². The average molecular weight is 461 g/mol. The lowest BCUT2D eigenvalue weighted by Gasteiger charge is -2.40. The Morgan fingerprint density at radius 1 is 0.788 bits per heavy atom. The van der Waals surface area contributed by atoms with E-state index in [0.717, 1.165) is 35.3 Å². The monoisotopic (exact) mass is 460 g/mol. The fourth-order valence-electron chi connectivity index (χ4n) is 6.54. The molecular formula is C32H41Cl. The Hall–Kier alpha value is -1.71. The molecule has 0 amide bonds. The molecule has 4 rings (SSSR count). The summed E-state index contributed by atoms with van der Waals surface area (Å²) in [7, 11) is 0. The lowest BCUT2D eigenvalue weighted by atomic mass is 9.64. The largest absolute Gasteiger partial charge is 0.0973 e. The van der Waals surface area contributed by atoms with Crippen LogP contribution in [-0.4, -0.2) is 0 Å². The third-order valence-corrected chi connectivity index (χ3v) is 8.89. The van der Waals surface area contributed by atoms with Crippen molar-refractivity contribution >= 4 is 11.6 Å². The molecular weight excluding hydrogens is 420 g/mol. The third-order valence-electron chi connectivity index (χ3n) is 8.52. The third kappa shape index (κ3) is 7.13. The van der Waals surface area contributed by atoms with E-state index in [9.17, 15) is 0 Å². The van der Waals surface area contributed by atoms with Crippen molar-refractivity contribution in [3.8, 4) is 11.8 Å². The highest BCUT2D eigenvalue weighted by Gasteiger charge is 2.39. The summed E-state index contributed by atoms with van der Waals surface area (Å²) in [6.07, 6.45) is 20.3. The maximum atomic E-state index is 6.49. The number of benzene rings is 2. The zero-order valence-corrected chi connectivity index (χ0v) is 21.1. The molecule has 0 aromatic heterocycles. The fraction of sp³-hybridized carbons (Fsp3) is 0.562. The quantitative estimate of drug-likeness (QED) is 0.326. The number of halogens is 1. The van der Waals surface area contributed by atoms with Crippen LogP contribution in [0.1, 0.15) is 101 Å². The minimum atomic E-state index is 0.372. The molecule has 2 fully saturated rings. The van der Waals surface area contributed by atoms with Crippen LogP contribution in [0.3, 0.4) is 0 Å². The van der Waals surface area contributed by atoms with E-state index in [1.807, 2.05) is 12.1 Å². The van der Waals surface area contributed by atoms with Crippen LogP contribution in [0.5, 0.6) is 0 Å². The topological polar surface area (TPSA) is 0 Å². The second-order valence-corrected chi connectivity index (χ2v) is 11.1. The molecule has 0 N–H and O–H groups in total. The first-order valence-corrected chi connectivity index (χ1v) is 13.9. The van der Waals surface area contributed by atoms with Crippen molar-refractivity contribution in [2.24, 2.45) is 17.3 Å². The highest BCUT2D eigenvalue weighted by atomic mass is 35.5. The molecule has 1 unspecified atom stereocenters. The van der Waals surface area contributed by atoms with Gasteiger partial charge in [-0.3, -0.25) is 0 Å². The molecule has 1 heteroatoms. The van der Waals surface area contributed by atoms with E-state index in [1.54, 1.807) is 0 Å². The molecule has 2 aliphatic rings. The molecule has 2 aliphatic carbocycles. The predicted molar refractivity (Wildman–Crippen MR) is 143 cm³/mol. The Kier molecular flexibility index (Phi) is 9.37. The molecule has 1 atom stereocenters. The Bertz CT molecular complexity index is 893. The zero-order valence-electron chi connectivity index (χ0n) is 20.3. The van der Waals surface area contributed by atoms with Gasteiger partial charge in [0.2, 0.25) is 0 Å². The van der Waals surface area contributed by atoms with E-state index in [4.69, 9.17) is 11.6 Å². The van der Waals surface area contributed by atoms with Gasteiger partial charge >= 0.3 is 0 Å². The molecule has 0 heterocycles. The van der Waals surface area contributed by atoms with Crippen molar-refractivity contribution in [1.82, 2.24) is 0 Å². The van der Waals surface area contributed by atoms with Crippen LogP contribution in [0.15, 0.2) is 54.6 Å². The molecule has 33 heavy (non-hydrogen) atoms. The summed E-state index contributed by atoms with van der Waals surface area (Å²) in [4.78, 5) is 0. The van der Waals surface area contributed by atoms with Crippen LogP contribution in [0.25, 0.3) is 0 Å². The minimum Gasteiger partial charge on any atom is -0.0973 e. The summed E-state index contributed by atoms with van der Waals surface area (Å²) in [5.41, 5.74) is 2.83. The first-order chi connectivity index (χ1) is 16.3. The molecule has 0 spiro atoms. The van der Waals surface area contributed by atoms with Crippen molar-refractivity contribution in [3.63, 3.8) is 0 Å². The van der Waals surface area contributed by atoms with Crippen molar-refractivity contribution in [3.05, 3.63) is 70.7 Å². The van der Waals surface area contributed by atoms with Gasteiger partial charge in [-0.15, -0.1) is 0 Å². The van der Waals surface area contributed by atoms with Crippen LogP contribution in [0.4, 0.5) is 0 Å².